The summed E-state index contributed by atoms with van der Waals surface area (Å²) < 4.78 is 13.4. The summed E-state index contributed by atoms with van der Waals surface area (Å²) in [5, 5.41) is 3.39. The first-order valence-corrected chi connectivity index (χ1v) is 8.92. The average molecular weight is 354 g/mol. The minimum absolute atomic E-state index is 0.265. The summed E-state index contributed by atoms with van der Waals surface area (Å²) in [7, 11) is 0. The van der Waals surface area contributed by atoms with Crippen LogP contribution in [0.5, 0.6) is 0 Å². The third kappa shape index (κ3) is 3.85. The molecule has 2 heterocycles. The van der Waals surface area contributed by atoms with Gasteiger partial charge in [0.1, 0.15) is 11.5 Å². The summed E-state index contributed by atoms with van der Waals surface area (Å²) in [5.74, 6) is -0.442. The van der Waals surface area contributed by atoms with Crippen LogP contribution in [0.25, 0.3) is 11.0 Å². The molecule has 5 nitrogen and oxygen atoms in total. The predicted octanol–water partition coefficient (Wildman–Crippen LogP) is 5.10. The van der Waals surface area contributed by atoms with Crippen LogP contribution in [0.4, 0.5) is 20.6 Å². The molecular weight excluding hydrogens is 331 g/mol. The van der Waals surface area contributed by atoms with E-state index in [0.29, 0.717) is 23.3 Å². The molecule has 0 saturated carbocycles. The molecule has 2 N–H and O–H groups in total. The van der Waals surface area contributed by atoms with Crippen LogP contribution in [0, 0.1) is 5.82 Å². The molecule has 0 radical (unpaired) electrons. The van der Waals surface area contributed by atoms with Gasteiger partial charge >= 0.3 is 6.03 Å². The molecule has 2 aromatic heterocycles. The molecule has 0 spiro atoms. The highest BCUT2D eigenvalue weighted by Gasteiger charge is 2.16. The van der Waals surface area contributed by atoms with Crippen LogP contribution in [0.15, 0.2) is 42.7 Å². The lowest BCUT2D eigenvalue weighted by Crippen LogP contribution is -2.34. The van der Waals surface area contributed by atoms with Crippen molar-refractivity contribution in [3.8, 4) is 0 Å². The van der Waals surface area contributed by atoms with Crippen molar-refractivity contribution in [3.05, 3.63) is 54.1 Å². The lowest BCUT2D eigenvalue weighted by Gasteiger charge is -2.21. The highest BCUT2D eigenvalue weighted by atomic mass is 19.1. The first kappa shape index (κ1) is 17.9. The van der Waals surface area contributed by atoms with E-state index in [1.165, 1.54) is 11.6 Å². The Kier molecular flexibility index (Phi) is 5.51. The van der Waals surface area contributed by atoms with Crippen molar-refractivity contribution in [1.82, 2.24) is 9.97 Å². The van der Waals surface area contributed by atoms with E-state index in [0.717, 1.165) is 31.1 Å². The molecule has 136 valence electrons. The van der Waals surface area contributed by atoms with Gasteiger partial charge in [-0.25, -0.2) is 14.2 Å². The van der Waals surface area contributed by atoms with E-state index in [1.807, 2.05) is 19.1 Å². The number of aromatic nitrogens is 2. The van der Waals surface area contributed by atoms with Crippen molar-refractivity contribution in [2.24, 2.45) is 0 Å². The maximum Gasteiger partial charge on any atom is 0.326 e. The zero-order valence-electron chi connectivity index (χ0n) is 15.1. The first-order valence-electron chi connectivity index (χ1n) is 8.92. The summed E-state index contributed by atoms with van der Waals surface area (Å²) in [5.41, 5.74) is 3.14. The van der Waals surface area contributed by atoms with Gasteiger partial charge < -0.3 is 10.3 Å². The van der Waals surface area contributed by atoms with Gasteiger partial charge in [0.15, 0.2) is 0 Å². The molecule has 0 aliphatic rings. The number of amides is 2. The maximum absolute atomic E-state index is 13.4. The van der Waals surface area contributed by atoms with E-state index in [4.69, 9.17) is 0 Å². The number of nitrogens with one attached hydrogen (secondary N) is 2. The van der Waals surface area contributed by atoms with Gasteiger partial charge in [0.05, 0.1) is 11.9 Å². The average Bonchev–Trinajstić information content (AvgIpc) is 3.03. The fourth-order valence-corrected chi connectivity index (χ4v) is 2.93. The number of unbranched alkanes of at least 4 members (excludes halogenated alkanes) is 1. The van der Waals surface area contributed by atoms with Crippen molar-refractivity contribution in [3.63, 3.8) is 0 Å². The minimum atomic E-state index is -0.442. The quantitative estimate of drug-likeness (QED) is 0.647. The number of carbonyl (C=O) groups is 1. The number of urea groups is 1. The molecule has 0 bridgehead atoms. The Morgan fingerprint density at radius 2 is 2.04 bits per heavy atom. The minimum Gasteiger partial charge on any atom is -0.344 e. The Morgan fingerprint density at radius 3 is 2.73 bits per heavy atom. The van der Waals surface area contributed by atoms with Gasteiger partial charge in [-0.15, -0.1) is 0 Å². The molecule has 0 aliphatic carbocycles. The normalized spacial score (nSPS) is 10.9. The van der Waals surface area contributed by atoms with Gasteiger partial charge in [-0.05, 0) is 43.5 Å². The van der Waals surface area contributed by atoms with E-state index in [-0.39, 0.29) is 6.03 Å². The van der Waals surface area contributed by atoms with E-state index in [2.05, 4.69) is 34.3 Å². The van der Waals surface area contributed by atoms with Crippen molar-refractivity contribution >= 4 is 28.4 Å². The van der Waals surface area contributed by atoms with Gasteiger partial charge in [-0.3, -0.25) is 4.90 Å². The molecule has 26 heavy (non-hydrogen) atoms. The Morgan fingerprint density at radius 1 is 1.27 bits per heavy atom. The largest absolute Gasteiger partial charge is 0.344 e. The Bertz CT molecular complexity index is 888. The zero-order valence-corrected chi connectivity index (χ0v) is 15.1. The van der Waals surface area contributed by atoms with Crippen LogP contribution < -0.4 is 10.2 Å². The molecule has 0 unspecified atom stereocenters. The third-order valence-corrected chi connectivity index (χ3v) is 4.37. The number of carbonyl (C=O) groups excluding carboxylic acids is 1. The number of halogens is 1. The number of pyridine rings is 1. The number of benzene rings is 1. The summed E-state index contributed by atoms with van der Waals surface area (Å²) in [6, 6.07) is 9.14. The van der Waals surface area contributed by atoms with Crippen molar-refractivity contribution in [2.45, 2.75) is 33.1 Å². The second-order valence-corrected chi connectivity index (χ2v) is 6.20. The van der Waals surface area contributed by atoms with Crippen LogP contribution in [0.3, 0.4) is 0 Å². The topological polar surface area (TPSA) is 61.0 Å². The van der Waals surface area contributed by atoms with Gasteiger partial charge in [-0.1, -0.05) is 25.5 Å². The predicted molar refractivity (Wildman–Crippen MR) is 103 cm³/mol. The number of nitrogens with zero attached hydrogens (tertiary/aromatic N) is 2. The number of hydrogen-bond donors (Lipinski definition) is 2. The van der Waals surface area contributed by atoms with Gasteiger partial charge in [0.2, 0.25) is 0 Å². The van der Waals surface area contributed by atoms with Crippen LogP contribution in [0.1, 0.15) is 32.3 Å². The van der Waals surface area contributed by atoms with E-state index < -0.39 is 5.82 Å². The lowest BCUT2D eigenvalue weighted by atomic mass is 10.1. The van der Waals surface area contributed by atoms with Crippen molar-refractivity contribution < 1.29 is 9.18 Å². The Hall–Kier alpha value is -2.89. The monoisotopic (exact) mass is 354 g/mol. The van der Waals surface area contributed by atoms with Crippen LogP contribution in [0.2, 0.25) is 0 Å². The molecule has 2 amide bonds. The fourth-order valence-electron chi connectivity index (χ4n) is 2.93. The zero-order chi connectivity index (χ0) is 18.5. The van der Waals surface area contributed by atoms with E-state index >= 15 is 0 Å². The van der Waals surface area contributed by atoms with Crippen LogP contribution in [-0.2, 0) is 6.42 Å². The fraction of sp³-hybridized carbons (Fsp3) is 0.300. The second kappa shape index (κ2) is 7.99. The smallest absolute Gasteiger partial charge is 0.326 e. The number of H-pyrrole nitrogens is 1. The number of fused-ring (bicyclic) bond motifs is 1. The van der Waals surface area contributed by atoms with Crippen LogP contribution in [-0.4, -0.2) is 22.5 Å². The summed E-state index contributed by atoms with van der Waals surface area (Å²) in [6.45, 7) is 4.61. The Labute approximate surface area is 152 Å². The summed E-state index contributed by atoms with van der Waals surface area (Å²) in [6.07, 6.45) is 6.12. The van der Waals surface area contributed by atoms with Crippen molar-refractivity contribution in [1.29, 1.82) is 0 Å². The molecule has 1 aromatic carbocycles. The highest BCUT2D eigenvalue weighted by Crippen LogP contribution is 2.24. The van der Waals surface area contributed by atoms with E-state index in [9.17, 15) is 9.18 Å². The lowest BCUT2D eigenvalue weighted by molar-refractivity contribution is 0.257. The number of hydrogen-bond acceptors (Lipinski definition) is 2. The number of aromatic amines is 1. The third-order valence-electron chi connectivity index (χ3n) is 4.37. The SMILES string of the molecule is CCCCc1ccc(N(CC)C(=O)Nc2c[nH]c3ncc(F)cc23)cc1. The van der Waals surface area contributed by atoms with E-state index in [1.54, 1.807) is 11.1 Å². The molecule has 3 rings (SSSR count). The summed E-state index contributed by atoms with van der Waals surface area (Å²) >= 11 is 0. The van der Waals surface area contributed by atoms with Gasteiger partial charge in [-0.2, -0.15) is 0 Å². The molecule has 6 heteroatoms. The molecule has 0 atom stereocenters. The maximum atomic E-state index is 13.4. The second-order valence-electron chi connectivity index (χ2n) is 6.20. The van der Waals surface area contributed by atoms with Gasteiger partial charge in [0.25, 0.3) is 0 Å². The summed E-state index contributed by atoms with van der Waals surface area (Å²) in [4.78, 5) is 21.3. The standard InChI is InChI=1S/C20H23FN4O/c1-3-5-6-14-7-9-16(10-8-14)25(4-2)20(26)24-18-13-23-19-17(18)11-15(21)12-22-19/h7-13H,3-6H2,1-2H3,(H,22,23)(H,24,26). The number of aryl methyl sites for hydroxylation is 1. The van der Waals surface area contributed by atoms with Crippen molar-refractivity contribution in [2.75, 3.05) is 16.8 Å². The number of rotatable bonds is 6. The molecule has 0 aliphatic heterocycles. The molecular formula is C20H23FN4O. The molecule has 0 saturated heterocycles. The van der Waals surface area contributed by atoms with Crippen LogP contribution >= 0.6 is 0 Å². The first-order chi connectivity index (χ1) is 12.6. The highest BCUT2D eigenvalue weighted by molar-refractivity contribution is 6.06. The molecule has 3 aromatic rings. The molecule has 0 fully saturated rings. The number of anilines is 2. The Balaban J connectivity index is 1.77. The van der Waals surface area contributed by atoms with Gasteiger partial charge in [0, 0.05) is 23.8 Å².